The second-order valence-corrected chi connectivity index (χ2v) is 4.45. The van der Waals surface area contributed by atoms with E-state index in [0.717, 1.165) is 5.92 Å². The normalized spacial score (nSPS) is 45.3. The molecule has 0 aliphatic heterocycles. The van der Waals surface area contributed by atoms with Crippen LogP contribution in [0.3, 0.4) is 0 Å². The van der Waals surface area contributed by atoms with Gasteiger partial charge < -0.3 is 0 Å². The van der Waals surface area contributed by atoms with Gasteiger partial charge in [0.05, 0.1) is 5.54 Å². The van der Waals surface area contributed by atoms with Gasteiger partial charge in [0.1, 0.15) is 0 Å². The lowest BCUT2D eigenvalue weighted by atomic mass is 9.95. The topological polar surface area (TPSA) is 3.24 Å². The first-order chi connectivity index (χ1) is 4.73. The van der Waals surface area contributed by atoms with Crippen LogP contribution >= 0.6 is 23.6 Å². The molecule has 0 amide bonds. The van der Waals surface area contributed by atoms with Gasteiger partial charge in [0.2, 0.25) is 0 Å². The fraction of sp³-hybridized carbons (Fsp3) is 1.00. The van der Waals surface area contributed by atoms with Gasteiger partial charge in [-0.15, -0.1) is 3.94 Å². The Hall–Kier alpha value is 0.540. The number of hydrogen-bond acceptors (Lipinski definition) is 1. The summed E-state index contributed by atoms with van der Waals surface area (Å²) in [6.07, 6.45) is 6.28. The zero-order chi connectivity index (χ0) is 7.19. The molecule has 0 aromatic heterocycles. The fourth-order valence-corrected chi connectivity index (χ4v) is 2.87. The Morgan fingerprint density at radius 3 is 2.00 bits per heavy atom. The van der Waals surface area contributed by atoms with E-state index in [2.05, 4.69) is 0 Å². The van der Waals surface area contributed by atoms with Crippen LogP contribution < -0.4 is 0 Å². The molecule has 0 N–H and O–H groups in total. The quantitative estimate of drug-likeness (QED) is 0.560. The van der Waals surface area contributed by atoms with Crippen molar-refractivity contribution in [3.63, 3.8) is 0 Å². The Morgan fingerprint density at radius 2 is 1.80 bits per heavy atom. The zero-order valence-corrected chi connectivity index (χ0v) is 7.33. The summed E-state index contributed by atoms with van der Waals surface area (Å²) in [7, 11) is 0. The van der Waals surface area contributed by atoms with E-state index in [0.29, 0.717) is 0 Å². The van der Waals surface area contributed by atoms with Crippen molar-refractivity contribution in [2.45, 2.75) is 37.6 Å². The monoisotopic (exact) mass is 179 g/mol. The molecule has 2 rings (SSSR count). The Morgan fingerprint density at radius 1 is 1.20 bits per heavy atom. The van der Waals surface area contributed by atoms with Gasteiger partial charge in [-0.3, -0.25) is 0 Å². The maximum Gasteiger partial charge on any atom is 0.0529 e. The number of nitrogens with zero attached hydrogens (tertiary/aromatic N) is 1. The third kappa shape index (κ3) is 0.876. The Labute approximate surface area is 71.5 Å². The van der Waals surface area contributed by atoms with E-state index in [1.165, 1.54) is 36.0 Å². The van der Waals surface area contributed by atoms with Crippen LogP contribution in [0.25, 0.3) is 0 Å². The minimum absolute atomic E-state index is 0.174. The molecule has 58 valence electrons. The first-order valence-corrected chi connectivity index (χ1v) is 4.52. The van der Waals surface area contributed by atoms with Crippen molar-refractivity contribution < 1.29 is 0 Å². The van der Waals surface area contributed by atoms with Gasteiger partial charge in [-0.05, 0) is 61.6 Å². The molecule has 2 aliphatic carbocycles. The van der Waals surface area contributed by atoms with Gasteiger partial charge in [0, 0.05) is 0 Å². The molecular weight excluding hydrogens is 169 g/mol. The van der Waals surface area contributed by atoms with Gasteiger partial charge in [-0.1, -0.05) is 0 Å². The third-order valence-corrected chi connectivity index (χ3v) is 3.78. The molecule has 3 heteroatoms. The molecule has 2 saturated carbocycles. The molecule has 2 bridgehead atoms. The smallest absolute Gasteiger partial charge is 0.0529 e. The number of hydrogen-bond donors (Lipinski definition) is 0. The molecule has 0 aromatic rings. The molecule has 0 saturated heterocycles. The van der Waals surface area contributed by atoms with Gasteiger partial charge in [0.25, 0.3) is 0 Å². The molecule has 0 aromatic carbocycles. The molecule has 0 atom stereocenters. The highest BCUT2D eigenvalue weighted by Crippen LogP contribution is 2.52. The fourth-order valence-electron chi connectivity index (χ4n) is 2.40. The maximum absolute atomic E-state index is 5.77. The number of fused-ring (bicyclic) bond motifs is 2. The lowest BCUT2D eigenvalue weighted by Crippen LogP contribution is -2.32. The molecule has 10 heavy (non-hydrogen) atoms. The van der Waals surface area contributed by atoms with Gasteiger partial charge in [-0.25, -0.2) is 0 Å². The molecule has 2 fully saturated rings. The Kier molecular flexibility index (Phi) is 1.63. The van der Waals surface area contributed by atoms with Crippen LogP contribution in [-0.4, -0.2) is 9.48 Å². The summed E-state index contributed by atoms with van der Waals surface area (Å²) < 4.78 is 1.40. The minimum atomic E-state index is 0.174. The molecule has 2 aliphatic rings. The van der Waals surface area contributed by atoms with Gasteiger partial charge >= 0.3 is 0 Å². The first kappa shape index (κ1) is 7.20. The summed E-state index contributed by atoms with van der Waals surface area (Å²) in [6, 6.07) is 0. The van der Waals surface area contributed by atoms with Crippen LogP contribution in [0.4, 0.5) is 0 Å². The summed E-state index contributed by atoms with van der Waals surface area (Å²) >= 11 is 11.5. The Bertz CT molecular complexity index is 139. The van der Waals surface area contributed by atoms with Crippen molar-refractivity contribution in [2.24, 2.45) is 5.92 Å². The molecular formula is C7H11Cl2N. The van der Waals surface area contributed by atoms with Crippen LogP contribution in [0, 0.1) is 5.92 Å². The van der Waals surface area contributed by atoms with E-state index in [4.69, 9.17) is 23.6 Å². The molecule has 0 unspecified atom stereocenters. The van der Waals surface area contributed by atoms with Crippen LogP contribution in [0.5, 0.6) is 0 Å². The van der Waals surface area contributed by atoms with E-state index in [-0.39, 0.29) is 5.54 Å². The van der Waals surface area contributed by atoms with Crippen molar-refractivity contribution in [2.75, 3.05) is 0 Å². The largest absolute Gasteiger partial charge is 0.126 e. The second-order valence-electron chi connectivity index (χ2n) is 3.60. The number of rotatable bonds is 1. The van der Waals surface area contributed by atoms with Crippen LogP contribution in [0.15, 0.2) is 0 Å². The third-order valence-electron chi connectivity index (χ3n) is 3.06. The van der Waals surface area contributed by atoms with Crippen LogP contribution in [0.1, 0.15) is 32.1 Å². The SMILES string of the molecule is ClN(Cl)C12CCC(CC1)C2. The predicted molar refractivity (Wildman–Crippen MR) is 42.9 cm³/mol. The highest BCUT2D eigenvalue weighted by atomic mass is 35.5. The van der Waals surface area contributed by atoms with E-state index in [1.807, 2.05) is 0 Å². The van der Waals surface area contributed by atoms with E-state index < -0.39 is 0 Å². The van der Waals surface area contributed by atoms with E-state index in [1.54, 1.807) is 0 Å². The standard InChI is InChI=1S/C7H11Cl2N/c8-10(9)7-3-1-6(5-7)2-4-7/h6H,1-5H2. The Balaban J connectivity index is 2.15. The van der Waals surface area contributed by atoms with Crippen molar-refractivity contribution >= 4 is 23.6 Å². The lowest BCUT2D eigenvalue weighted by Gasteiger charge is -2.28. The zero-order valence-electron chi connectivity index (χ0n) is 5.82. The summed E-state index contributed by atoms with van der Waals surface area (Å²) in [5.74, 6) is 0.917. The predicted octanol–water partition coefficient (Wildman–Crippen LogP) is 2.93. The summed E-state index contributed by atoms with van der Waals surface area (Å²) in [5.41, 5.74) is 0.174. The second kappa shape index (κ2) is 2.26. The minimum Gasteiger partial charge on any atom is -0.126 e. The van der Waals surface area contributed by atoms with Crippen molar-refractivity contribution in [1.29, 1.82) is 0 Å². The van der Waals surface area contributed by atoms with E-state index >= 15 is 0 Å². The molecule has 0 heterocycles. The summed E-state index contributed by atoms with van der Waals surface area (Å²) in [4.78, 5) is 0. The lowest BCUT2D eigenvalue weighted by molar-refractivity contribution is 0.293. The van der Waals surface area contributed by atoms with Gasteiger partial charge in [-0.2, -0.15) is 0 Å². The highest BCUT2D eigenvalue weighted by Gasteiger charge is 2.48. The maximum atomic E-state index is 5.77. The van der Waals surface area contributed by atoms with Crippen molar-refractivity contribution in [3.8, 4) is 0 Å². The van der Waals surface area contributed by atoms with Crippen LogP contribution in [0.2, 0.25) is 0 Å². The van der Waals surface area contributed by atoms with Crippen molar-refractivity contribution in [3.05, 3.63) is 0 Å². The molecule has 0 spiro atoms. The van der Waals surface area contributed by atoms with Crippen molar-refractivity contribution in [1.82, 2.24) is 3.94 Å². The average Bonchev–Trinajstić information content (AvgIpc) is 2.45. The summed E-state index contributed by atoms with van der Waals surface area (Å²) in [5, 5.41) is 0. The van der Waals surface area contributed by atoms with E-state index in [9.17, 15) is 0 Å². The molecule has 1 nitrogen and oxygen atoms in total. The number of halogens is 2. The highest BCUT2D eigenvalue weighted by molar-refractivity contribution is 6.34. The van der Waals surface area contributed by atoms with Gasteiger partial charge in [0.15, 0.2) is 0 Å². The van der Waals surface area contributed by atoms with Crippen LogP contribution in [-0.2, 0) is 0 Å². The first-order valence-electron chi connectivity index (χ1n) is 3.85. The summed E-state index contributed by atoms with van der Waals surface area (Å²) in [6.45, 7) is 0. The average molecular weight is 180 g/mol. The molecule has 0 radical (unpaired) electrons.